The smallest absolute Gasteiger partial charge is 0.313 e. The van der Waals surface area contributed by atoms with Gasteiger partial charge in [-0.15, -0.1) is 0 Å². The molecule has 11 heteroatoms. The molecule has 244 valence electrons. The number of hydrogen-bond donors (Lipinski definition) is 2. The number of ether oxygens (including phenoxy) is 2. The Balaban J connectivity index is 1.63. The number of cyclic esters (lactones) is 1. The van der Waals surface area contributed by atoms with E-state index >= 15 is 0 Å². The van der Waals surface area contributed by atoms with E-state index in [2.05, 4.69) is 28.2 Å². The van der Waals surface area contributed by atoms with Crippen molar-refractivity contribution in [2.24, 2.45) is 17.8 Å². The number of aliphatic hydroxyl groups excluding tert-OH is 1. The van der Waals surface area contributed by atoms with Gasteiger partial charge in [-0.1, -0.05) is 85.6 Å². The molecule has 4 aliphatic rings. The van der Waals surface area contributed by atoms with Crippen molar-refractivity contribution in [3.63, 3.8) is 0 Å². The van der Waals surface area contributed by atoms with E-state index in [-0.39, 0.29) is 49.9 Å². The van der Waals surface area contributed by atoms with E-state index in [1.54, 1.807) is 11.0 Å². The van der Waals surface area contributed by atoms with Crippen LogP contribution in [-0.2, 0) is 28.7 Å². The maximum absolute atomic E-state index is 14.8. The zero-order valence-corrected chi connectivity index (χ0v) is 27.9. The molecule has 0 radical (unpaired) electrons. The Labute approximate surface area is 273 Å². The molecular weight excluding hydrogens is 642 g/mol. The molecule has 4 aliphatic heterocycles. The number of nitrogens with one attached hydrogen (secondary N) is 1. The summed E-state index contributed by atoms with van der Waals surface area (Å²) in [6, 6.07) is 7.22. The molecule has 1 spiro atoms. The van der Waals surface area contributed by atoms with Crippen LogP contribution in [0.3, 0.4) is 0 Å². The number of aliphatic hydroxyl groups is 1. The highest BCUT2D eigenvalue weighted by Crippen LogP contribution is 2.59. The molecule has 10 nitrogen and oxygen atoms in total. The second-order valence-corrected chi connectivity index (χ2v) is 13.8. The molecule has 1 unspecified atom stereocenters. The van der Waals surface area contributed by atoms with Gasteiger partial charge >= 0.3 is 5.97 Å². The SMILES string of the molecule is CCCC(C)N1C/C=C\CCC(=O)NC[C@@H](c2ccccc2)OC(=O)[C@@H]2[C@H]3O[C@@]4(C=C3Br)[C@H](C1=O)N([C@@H](CO)C(C)C)C(=O)[C@@H]24. The molecule has 2 N–H and O–H groups in total. The molecule has 5 bridgehead atoms. The van der Waals surface area contributed by atoms with Crippen molar-refractivity contribution >= 4 is 39.6 Å². The lowest BCUT2D eigenvalue weighted by Gasteiger charge is -2.41. The Hall–Kier alpha value is -3.02. The number of rotatable bonds is 7. The highest BCUT2D eigenvalue weighted by molar-refractivity contribution is 9.11. The Morgan fingerprint density at radius 3 is 2.49 bits per heavy atom. The van der Waals surface area contributed by atoms with Gasteiger partial charge in [-0.2, -0.15) is 0 Å². The summed E-state index contributed by atoms with van der Waals surface area (Å²) >= 11 is 3.59. The molecule has 2 fully saturated rings. The predicted molar refractivity (Wildman–Crippen MR) is 171 cm³/mol. The van der Waals surface area contributed by atoms with Gasteiger partial charge in [0, 0.05) is 23.5 Å². The van der Waals surface area contributed by atoms with E-state index in [1.165, 1.54) is 4.90 Å². The van der Waals surface area contributed by atoms with Crippen molar-refractivity contribution in [1.29, 1.82) is 0 Å². The van der Waals surface area contributed by atoms with Crippen LogP contribution in [0.15, 0.2) is 53.0 Å². The predicted octanol–water partition coefficient (Wildman–Crippen LogP) is 3.64. The minimum Gasteiger partial charge on any atom is -0.455 e. The molecule has 0 aromatic heterocycles. The lowest BCUT2D eigenvalue weighted by atomic mass is 9.74. The normalized spacial score (nSPS) is 32.7. The quantitative estimate of drug-likeness (QED) is 0.332. The van der Waals surface area contributed by atoms with Crippen LogP contribution in [0.2, 0.25) is 0 Å². The molecule has 45 heavy (non-hydrogen) atoms. The summed E-state index contributed by atoms with van der Waals surface area (Å²) in [5.74, 6) is -3.79. The highest BCUT2D eigenvalue weighted by atomic mass is 79.9. The lowest BCUT2D eigenvalue weighted by molar-refractivity contribution is -0.161. The van der Waals surface area contributed by atoms with Gasteiger partial charge < -0.3 is 29.7 Å². The third-order valence-corrected chi connectivity index (χ3v) is 10.3. The number of esters is 1. The highest BCUT2D eigenvalue weighted by Gasteiger charge is 2.75. The number of halogens is 1. The van der Waals surface area contributed by atoms with Crippen molar-refractivity contribution in [3.05, 3.63) is 58.6 Å². The Morgan fingerprint density at radius 2 is 1.82 bits per heavy atom. The summed E-state index contributed by atoms with van der Waals surface area (Å²) < 4.78 is 13.3. The average molecular weight is 687 g/mol. The molecule has 8 atom stereocenters. The fourth-order valence-corrected chi connectivity index (χ4v) is 8.07. The topological polar surface area (TPSA) is 125 Å². The first-order valence-corrected chi connectivity index (χ1v) is 16.8. The minimum atomic E-state index is -1.43. The number of hydrogen-bond acceptors (Lipinski definition) is 7. The van der Waals surface area contributed by atoms with Crippen molar-refractivity contribution in [3.8, 4) is 0 Å². The van der Waals surface area contributed by atoms with Crippen LogP contribution in [0.1, 0.15) is 65.0 Å². The zero-order chi connectivity index (χ0) is 32.5. The van der Waals surface area contributed by atoms with Crippen LogP contribution in [0.5, 0.6) is 0 Å². The van der Waals surface area contributed by atoms with E-state index in [0.717, 1.165) is 12.8 Å². The Bertz CT molecular complexity index is 1350. The van der Waals surface area contributed by atoms with Gasteiger partial charge in [0.25, 0.3) is 0 Å². The van der Waals surface area contributed by atoms with E-state index in [4.69, 9.17) is 9.47 Å². The lowest BCUT2D eigenvalue weighted by Crippen LogP contribution is -2.60. The summed E-state index contributed by atoms with van der Waals surface area (Å²) in [7, 11) is 0. The van der Waals surface area contributed by atoms with Crippen LogP contribution >= 0.6 is 15.9 Å². The van der Waals surface area contributed by atoms with Crippen molar-refractivity contribution < 1.29 is 33.8 Å². The number of nitrogens with zero attached hydrogens (tertiary/aromatic N) is 2. The first-order chi connectivity index (χ1) is 21.5. The number of fused-ring (bicyclic) bond motifs is 2. The third-order valence-electron chi connectivity index (χ3n) is 9.63. The van der Waals surface area contributed by atoms with Crippen LogP contribution in [0, 0.1) is 17.8 Å². The summed E-state index contributed by atoms with van der Waals surface area (Å²) in [5.41, 5.74) is -0.729. The van der Waals surface area contributed by atoms with Gasteiger partial charge in [-0.3, -0.25) is 19.2 Å². The molecular formula is C34H44BrN3O7. The Kier molecular flexibility index (Phi) is 10.2. The van der Waals surface area contributed by atoms with E-state index in [1.807, 2.05) is 63.3 Å². The monoisotopic (exact) mass is 685 g/mol. The summed E-state index contributed by atoms with van der Waals surface area (Å²) in [6.07, 6.45) is 6.23. The maximum Gasteiger partial charge on any atom is 0.313 e. The molecule has 4 heterocycles. The second-order valence-electron chi connectivity index (χ2n) is 12.8. The number of likely N-dealkylation sites (tertiary alicyclic amines) is 1. The average Bonchev–Trinajstić information content (AvgIpc) is 3.60. The third kappa shape index (κ3) is 6.11. The number of allylic oxidation sites excluding steroid dienone is 1. The molecule has 0 aliphatic carbocycles. The molecule has 3 amide bonds. The fourth-order valence-electron chi connectivity index (χ4n) is 7.33. The van der Waals surface area contributed by atoms with Crippen LogP contribution in [0.4, 0.5) is 0 Å². The van der Waals surface area contributed by atoms with Crippen LogP contribution in [0.25, 0.3) is 0 Å². The van der Waals surface area contributed by atoms with Gasteiger partial charge in [0.2, 0.25) is 17.7 Å². The van der Waals surface area contributed by atoms with Gasteiger partial charge in [0.15, 0.2) is 0 Å². The molecule has 0 saturated carbocycles. The van der Waals surface area contributed by atoms with E-state index in [0.29, 0.717) is 16.5 Å². The minimum absolute atomic E-state index is 0.0623. The van der Waals surface area contributed by atoms with Crippen LogP contribution < -0.4 is 5.32 Å². The number of amides is 3. The van der Waals surface area contributed by atoms with Crippen molar-refractivity contribution in [2.45, 2.75) is 89.3 Å². The van der Waals surface area contributed by atoms with Gasteiger partial charge in [0.05, 0.1) is 25.1 Å². The largest absolute Gasteiger partial charge is 0.455 e. The summed E-state index contributed by atoms with van der Waals surface area (Å²) in [6.45, 7) is 7.82. The van der Waals surface area contributed by atoms with E-state index < -0.39 is 53.6 Å². The number of benzene rings is 1. The first-order valence-electron chi connectivity index (χ1n) is 16.0. The van der Waals surface area contributed by atoms with Gasteiger partial charge in [-0.05, 0) is 37.3 Å². The van der Waals surface area contributed by atoms with Gasteiger partial charge in [-0.25, -0.2) is 0 Å². The second kappa shape index (κ2) is 13.8. The van der Waals surface area contributed by atoms with Crippen molar-refractivity contribution in [1.82, 2.24) is 15.1 Å². The van der Waals surface area contributed by atoms with Crippen LogP contribution in [-0.4, -0.2) is 88.1 Å². The molecule has 1 aromatic rings. The maximum atomic E-state index is 14.8. The zero-order valence-electron chi connectivity index (χ0n) is 26.4. The summed E-state index contributed by atoms with van der Waals surface area (Å²) in [5, 5.41) is 13.4. The van der Waals surface area contributed by atoms with Crippen molar-refractivity contribution in [2.75, 3.05) is 19.7 Å². The molecule has 2 saturated heterocycles. The Morgan fingerprint density at radius 1 is 1.09 bits per heavy atom. The first kappa shape index (κ1) is 33.3. The van der Waals surface area contributed by atoms with Gasteiger partial charge in [0.1, 0.15) is 29.8 Å². The van der Waals surface area contributed by atoms with E-state index in [9.17, 15) is 24.3 Å². The number of carbonyl (C=O) groups excluding carboxylic acids is 4. The number of carbonyl (C=O) groups is 4. The summed E-state index contributed by atoms with van der Waals surface area (Å²) in [4.78, 5) is 59.6. The fraction of sp³-hybridized carbons (Fsp3) is 0.588. The standard InChI is InChI=1S/C34H44BrN3O7/c1-5-12-21(4)37-16-11-7-10-15-26(40)36-18-25(22-13-8-6-9-14-22)44-33(43)27-28-31(41)38(24(19-39)20(2)3)30(32(37)42)34(28)17-23(35)29(27)45-34/h6-9,11,13-14,17,20-21,24-25,27-30,39H,5,10,12,15-16,18-19H2,1-4H3,(H,36,40)/b11-7-/t21?,24-,25-,27-,28+,29-,30-,34+/m0/s1. The molecule has 1 aromatic carbocycles. The molecule has 5 rings (SSSR count).